The highest BCUT2D eigenvalue weighted by atomic mass is 16.5. The predicted octanol–water partition coefficient (Wildman–Crippen LogP) is 4.86. The fraction of sp³-hybridized carbons (Fsp3) is 0.636. The van der Waals surface area contributed by atoms with Crippen LogP contribution in [0.1, 0.15) is 39.5 Å². The maximum atomic E-state index is 5.87. The second-order valence-electron chi connectivity index (χ2n) is 7.37. The van der Waals surface area contributed by atoms with E-state index < -0.39 is 0 Å². The van der Waals surface area contributed by atoms with E-state index in [4.69, 9.17) is 14.2 Å². The third-order valence-corrected chi connectivity index (χ3v) is 5.26. The summed E-state index contributed by atoms with van der Waals surface area (Å²) in [5, 5.41) is 0. The van der Waals surface area contributed by atoms with Gasteiger partial charge >= 0.3 is 0 Å². The summed E-state index contributed by atoms with van der Waals surface area (Å²) in [5.41, 5.74) is 0.638. The monoisotopic (exact) mass is 346 g/mol. The Hall–Kier alpha value is -1.16. The quantitative estimate of drug-likeness (QED) is 0.687. The molecule has 0 aromatic rings. The molecule has 0 unspecified atom stereocenters. The molecule has 25 heavy (non-hydrogen) atoms. The highest BCUT2D eigenvalue weighted by molar-refractivity contribution is 5.12. The molecule has 0 radical (unpaired) electrons. The molecule has 3 heteroatoms. The highest BCUT2D eigenvalue weighted by Gasteiger charge is 2.40. The molecule has 0 amide bonds. The standard InChI is InChI=1S/C12H22O3.2C5H6/c1-3-11(5-13-6-11)9-15-10-12(4-2)7-14-8-12;2*1-2-4-5-3-1/h3-10H2,1-2H3;2*1-4H,5H2. The molecule has 3 nitrogen and oxygen atoms in total. The molecule has 0 N–H and O–H groups in total. The molecule has 0 aromatic carbocycles. The number of hydrogen-bond acceptors (Lipinski definition) is 3. The van der Waals surface area contributed by atoms with E-state index in [1.54, 1.807) is 0 Å². The largest absolute Gasteiger partial charge is 0.380 e. The van der Waals surface area contributed by atoms with Crippen molar-refractivity contribution in [2.24, 2.45) is 10.8 Å². The fourth-order valence-electron chi connectivity index (χ4n) is 2.83. The van der Waals surface area contributed by atoms with Gasteiger partial charge in [-0.3, -0.25) is 0 Å². The minimum absolute atomic E-state index is 0.319. The number of rotatable bonds is 6. The number of hydrogen-bond donors (Lipinski definition) is 0. The second-order valence-corrected chi connectivity index (χ2v) is 7.37. The summed E-state index contributed by atoms with van der Waals surface area (Å²) in [4.78, 5) is 0. The molecule has 2 heterocycles. The molecule has 2 aliphatic heterocycles. The maximum Gasteiger partial charge on any atom is 0.0566 e. The molecule has 0 spiro atoms. The molecular formula is C22H34O3. The summed E-state index contributed by atoms with van der Waals surface area (Å²) in [5.74, 6) is 0. The van der Waals surface area contributed by atoms with Crippen LogP contribution in [-0.4, -0.2) is 39.6 Å². The van der Waals surface area contributed by atoms with Gasteiger partial charge in [-0.05, 0) is 25.7 Å². The van der Waals surface area contributed by atoms with Gasteiger partial charge < -0.3 is 14.2 Å². The van der Waals surface area contributed by atoms with Gasteiger partial charge in [-0.2, -0.15) is 0 Å². The van der Waals surface area contributed by atoms with Gasteiger partial charge in [0.25, 0.3) is 0 Å². The summed E-state index contributed by atoms with van der Waals surface area (Å²) in [6.45, 7) is 9.63. The van der Waals surface area contributed by atoms with Gasteiger partial charge in [0.2, 0.25) is 0 Å². The van der Waals surface area contributed by atoms with E-state index in [1.807, 2.05) is 0 Å². The Morgan fingerprint density at radius 1 is 0.680 bits per heavy atom. The Balaban J connectivity index is 0.000000182. The topological polar surface area (TPSA) is 27.7 Å². The van der Waals surface area contributed by atoms with E-state index in [0.717, 1.165) is 65.3 Å². The summed E-state index contributed by atoms with van der Waals surface area (Å²) in [6, 6.07) is 0. The molecule has 2 fully saturated rings. The van der Waals surface area contributed by atoms with Crippen molar-refractivity contribution in [3.05, 3.63) is 48.6 Å². The van der Waals surface area contributed by atoms with Crippen molar-refractivity contribution in [2.75, 3.05) is 39.6 Å². The Morgan fingerprint density at radius 3 is 1.20 bits per heavy atom. The van der Waals surface area contributed by atoms with Crippen LogP contribution in [0.2, 0.25) is 0 Å². The highest BCUT2D eigenvalue weighted by Crippen LogP contribution is 2.35. The Morgan fingerprint density at radius 2 is 1.04 bits per heavy atom. The summed E-state index contributed by atoms with van der Waals surface area (Å²) >= 11 is 0. The average Bonchev–Trinajstić information content (AvgIpc) is 3.29. The van der Waals surface area contributed by atoms with Crippen molar-refractivity contribution < 1.29 is 14.2 Å². The van der Waals surface area contributed by atoms with Crippen LogP contribution >= 0.6 is 0 Å². The van der Waals surface area contributed by atoms with Crippen LogP contribution in [0.3, 0.4) is 0 Å². The zero-order valence-corrected chi connectivity index (χ0v) is 15.9. The third kappa shape index (κ3) is 6.58. The summed E-state index contributed by atoms with van der Waals surface area (Å²) < 4.78 is 16.4. The minimum Gasteiger partial charge on any atom is -0.380 e. The molecular weight excluding hydrogens is 312 g/mol. The first-order valence-electron chi connectivity index (χ1n) is 9.61. The van der Waals surface area contributed by atoms with Crippen LogP contribution in [0.5, 0.6) is 0 Å². The molecule has 0 bridgehead atoms. The molecule has 140 valence electrons. The summed E-state index contributed by atoms with van der Waals surface area (Å²) in [6.07, 6.45) is 21.3. The lowest BCUT2D eigenvalue weighted by molar-refractivity contribution is -0.187. The first-order valence-corrected chi connectivity index (χ1v) is 9.61. The van der Waals surface area contributed by atoms with Crippen molar-refractivity contribution in [3.8, 4) is 0 Å². The second kappa shape index (κ2) is 10.7. The van der Waals surface area contributed by atoms with E-state index in [9.17, 15) is 0 Å². The van der Waals surface area contributed by atoms with Gasteiger partial charge in [-0.15, -0.1) is 0 Å². The van der Waals surface area contributed by atoms with E-state index >= 15 is 0 Å². The van der Waals surface area contributed by atoms with Gasteiger partial charge in [-0.1, -0.05) is 62.5 Å². The van der Waals surface area contributed by atoms with E-state index in [2.05, 4.69) is 62.5 Å². The van der Waals surface area contributed by atoms with Gasteiger partial charge in [0.1, 0.15) is 0 Å². The van der Waals surface area contributed by atoms with Gasteiger partial charge in [0, 0.05) is 10.8 Å². The minimum atomic E-state index is 0.319. The van der Waals surface area contributed by atoms with Crippen LogP contribution in [-0.2, 0) is 14.2 Å². The van der Waals surface area contributed by atoms with Crippen LogP contribution in [0, 0.1) is 10.8 Å². The average molecular weight is 347 g/mol. The van der Waals surface area contributed by atoms with Crippen LogP contribution in [0.4, 0.5) is 0 Å². The van der Waals surface area contributed by atoms with Gasteiger partial charge in [0.15, 0.2) is 0 Å². The predicted molar refractivity (Wildman–Crippen MR) is 104 cm³/mol. The Labute approximate surface area is 153 Å². The molecule has 4 aliphatic rings. The van der Waals surface area contributed by atoms with Gasteiger partial charge in [-0.25, -0.2) is 0 Å². The lowest BCUT2D eigenvalue weighted by Crippen LogP contribution is -2.49. The first kappa shape index (κ1) is 20.2. The van der Waals surface area contributed by atoms with E-state index in [-0.39, 0.29) is 0 Å². The fourth-order valence-corrected chi connectivity index (χ4v) is 2.83. The van der Waals surface area contributed by atoms with Crippen molar-refractivity contribution in [2.45, 2.75) is 39.5 Å². The van der Waals surface area contributed by atoms with Crippen molar-refractivity contribution in [1.82, 2.24) is 0 Å². The smallest absolute Gasteiger partial charge is 0.0566 e. The molecule has 2 saturated heterocycles. The number of allylic oxidation sites excluding steroid dienone is 8. The number of ether oxygens (including phenoxy) is 3. The maximum absolute atomic E-state index is 5.87. The molecule has 2 aliphatic carbocycles. The van der Waals surface area contributed by atoms with Crippen LogP contribution in [0.15, 0.2) is 48.6 Å². The van der Waals surface area contributed by atoms with Crippen molar-refractivity contribution >= 4 is 0 Å². The molecule has 0 saturated carbocycles. The Kier molecular flexibility index (Phi) is 8.66. The van der Waals surface area contributed by atoms with E-state index in [1.165, 1.54) is 0 Å². The lowest BCUT2D eigenvalue weighted by Gasteiger charge is -2.44. The summed E-state index contributed by atoms with van der Waals surface area (Å²) in [7, 11) is 0. The van der Waals surface area contributed by atoms with Crippen molar-refractivity contribution in [3.63, 3.8) is 0 Å². The lowest BCUT2D eigenvalue weighted by atomic mass is 9.83. The first-order chi connectivity index (χ1) is 12.2. The van der Waals surface area contributed by atoms with Crippen molar-refractivity contribution in [1.29, 1.82) is 0 Å². The SMILES string of the molecule is C1=CCC=C1.C1=CCC=C1.CCC1(COCC2(CC)COC2)COC1. The zero-order chi connectivity index (χ0) is 17.8. The normalized spacial score (nSPS) is 23.1. The van der Waals surface area contributed by atoms with Gasteiger partial charge in [0.05, 0.1) is 39.6 Å². The van der Waals surface area contributed by atoms with Crippen LogP contribution in [0.25, 0.3) is 0 Å². The zero-order valence-electron chi connectivity index (χ0n) is 15.9. The Bertz CT molecular complexity index is 404. The van der Waals surface area contributed by atoms with Crippen LogP contribution < -0.4 is 0 Å². The third-order valence-electron chi connectivity index (χ3n) is 5.26. The molecule has 4 rings (SSSR count). The molecule has 0 atom stereocenters. The van der Waals surface area contributed by atoms with E-state index in [0.29, 0.717) is 10.8 Å². The molecule has 0 aromatic heterocycles.